The Hall–Kier alpha value is -1.48. The zero-order valence-electron chi connectivity index (χ0n) is 10.8. The number of methoxy groups -OCH3 is 1. The minimum absolute atomic E-state index is 0.626. The molecule has 0 bridgehead atoms. The third-order valence-corrected chi connectivity index (χ3v) is 2.95. The van der Waals surface area contributed by atoms with Crippen LogP contribution in [0.5, 0.6) is 5.75 Å². The second kappa shape index (κ2) is 4.08. The van der Waals surface area contributed by atoms with Crippen LogP contribution >= 0.6 is 0 Å². The van der Waals surface area contributed by atoms with Crippen molar-refractivity contribution in [2.24, 2.45) is 7.05 Å². The Kier molecular flexibility index (Phi) is 2.87. The van der Waals surface area contributed by atoms with Crippen LogP contribution in [0.2, 0.25) is 0 Å². The second-order valence-corrected chi connectivity index (χ2v) is 5.08. The van der Waals surface area contributed by atoms with Crippen molar-refractivity contribution in [1.29, 1.82) is 0 Å². The largest absolute Gasteiger partial charge is 0.495 e. The van der Waals surface area contributed by atoms with E-state index in [1.165, 1.54) is 0 Å². The van der Waals surface area contributed by atoms with Crippen molar-refractivity contribution < 1.29 is 9.84 Å². The van der Waals surface area contributed by atoms with Gasteiger partial charge in [0, 0.05) is 24.5 Å². The number of rotatable bonds is 3. The summed E-state index contributed by atoms with van der Waals surface area (Å²) in [6.45, 7) is 3.64. The minimum Gasteiger partial charge on any atom is -0.495 e. The second-order valence-electron chi connectivity index (χ2n) is 5.08. The average Bonchev–Trinajstić information content (AvgIpc) is 2.53. The third-order valence-electron chi connectivity index (χ3n) is 2.95. The van der Waals surface area contributed by atoms with Gasteiger partial charge in [-0.2, -0.15) is 0 Å². The number of benzene rings is 1. The Bertz CT molecular complexity index is 535. The molecule has 0 unspecified atom stereocenters. The summed E-state index contributed by atoms with van der Waals surface area (Å²) in [5.74, 6) is 0.868. The Morgan fingerprint density at radius 3 is 2.65 bits per heavy atom. The van der Waals surface area contributed by atoms with Crippen LogP contribution in [-0.2, 0) is 13.5 Å². The summed E-state index contributed by atoms with van der Waals surface area (Å²) in [5.41, 5.74) is 1.49. The first-order chi connectivity index (χ1) is 7.92. The SMILES string of the molecule is COc1cccc2cc(CC(C)(C)O)n(C)c12. The van der Waals surface area contributed by atoms with E-state index in [-0.39, 0.29) is 0 Å². The van der Waals surface area contributed by atoms with Gasteiger partial charge in [-0.05, 0) is 26.0 Å². The molecule has 0 aliphatic rings. The number of aromatic nitrogens is 1. The highest BCUT2D eigenvalue weighted by Gasteiger charge is 2.18. The van der Waals surface area contributed by atoms with Crippen molar-refractivity contribution in [1.82, 2.24) is 4.57 Å². The van der Waals surface area contributed by atoms with Crippen molar-refractivity contribution >= 4 is 10.9 Å². The summed E-state index contributed by atoms with van der Waals surface area (Å²) in [6, 6.07) is 8.10. The van der Waals surface area contributed by atoms with Crippen LogP contribution < -0.4 is 4.74 Å². The van der Waals surface area contributed by atoms with Crippen LogP contribution in [0, 0.1) is 0 Å². The molecule has 0 aliphatic carbocycles. The molecule has 0 radical (unpaired) electrons. The molecule has 0 saturated heterocycles. The Labute approximate surface area is 102 Å². The highest BCUT2D eigenvalue weighted by Crippen LogP contribution is 2.29. The van der Waals surface area contributed by atoms with E-state index in [0.29, 0.717) is 6.42 Å². The first-order valence-corrected chi connectivity index (χ1v) is 5.76. The molecule has 2 aromatic rings. The first-order valence-electron chi connectivity index (χ1n) is 5.76. The van der Waals surface area contributed by atoms with Gasteiger partial charge in [-0.1, -0.05) is 12.1 Å². The van der Waals surface area contributed by atoms with Gasteiger partial charge in [0.05, 0.1) is 18.2 Å². The highest BCUT2D eigenvalue weighted by molar-refractivity contribution is 5.87. The minimum atomic E-state index is -0.699. The van der Waals surface area contributed by atoms with Crippen molar-refractivity contribution in [3.8, 4) is 5.75 Å². The van der Waals surface area contributed by atoms with Gasteiger partial charge in [0.1, 0.15) is 5.75 Å². The number of aryl methyl sites for hydroxylation is 1. The fourth-order valence-corrected chi connectivity index (χ4v) is 2.21. The van der Waals surface area contributed by atoms with Crippen molar-refractivity contribution in [2.75, 3.05) is 7.11 Å². The molecule has 1 heterocycles. The molecule has 0 saturated carbocycles. The molecule has 17 heavy (non-hydrogen) atoms. The van der Waals surface area contributed by atoms with E-state index in [4.69, 9.17) is 4.74 Å². The van der Waals surface area contributed by atoms with Crippen molar-refractivity contribution in [3.63, 3.8) is 0 Å². The van der Waals surface area contributed by atoms with Gasteiger partial charge in [-0.15, -0.1) is 0 Å². The van der Waals surface area contributed by atoms with Crippen LogP contribution in [0.3, 0.4) is 0 Å². The molecule has 3 heteroatoms. The molecule has 3 nitrogen and oxygen atoms in total. The molecule has 1 aromatic carbocycles. The lowest BCUT2D eigenvalue weighted by Gasteiger charge is -2.17. The summed E-state index contributed by atoms with van der Waals surface area (Å²) in [7, 11) is 3.68. The topological polar surface area (TPSA) is 34.4 Å². The predicted octanol–water partition coefficient (Wildman–Crippen LogP) is 2.50. The maximum absolute atomic E-state index is 9.90. The van der Waals surface area contributed by atoms with E-state index >= 15 is 0 Å². The molecule has 0 atom stereocenters. The molecule has 1 aromatic heterocycles. The van der Waals surface area contributed by atoms with Gasteiger partial charge in [-0.3, -0.25) is 0 Å². The number of nitrogens with zero attached hydrogens (tertiary/aromatic N) is 1. The summed E-state index contributed by atoms with van der Waals surface area (Å²) >= 11 is 0. The zero-order valence-corrected chi connectivity index (χ0v) is 10.8. The van der Waals surface area contributed by atoms with Gasteiger partial charge in [0.2, 0.25) is 0 Å². The quantitative estimate of drug-likeness (QED) is 0.884. The van der Waals surface area contributed by atoms with Crippen LogP contribution in [0.1, 0.15) is 19.5 Å². The normalized spacial score (nSPS) is 12.1. The van der Waals surface area contributed by atoms with Crippen LogP contribution in [0.4, 0.5) is 0 Å². The van der Waals surface area contributed by atoms with Gasteiger partial charge in [0.15, 0.2) is 0 Å². The van der Waals surface area contributed by atoms with Gasteiger partial charge >= 0.3 is 0 Å². The first kappa shape index (κ1) is 12.0. The maximum Gasteiger partial charge on any atom is 0.143 e. The predicted molar refractivity (Wildman–Crippen MR) is 69.5 cm³/mol. The van der Waals surface area contributed by atoms with E-state index in [1.54, 1.807) is 7.11 Å². The number of para-hydroxylation sites is 1. The van der Waals surface area contributed by atoms with Crippen LogP contribution in [0.25, 0.3) is 10.9 Å². The number of hydrogen-bond acceptors (Lipinski definition) is 2. The number of ether oxygens (including phenoxy) is 1. The summed E-state index contributed by atoms with van der Waals surface area (Å²) < 4.78 is 7.46. The fraction of sp³-hybridized carbons (Fsp3) is 0.429. The lowest BCUT2D eigenvalue weighted by atomic mass is 10.0. The van der Waals surface area contributed by atoms with Crippen molar-refractivity contribution in [2.45, 2.75) is 25.9 Å². The summed E-state index contributed by atoms with van der Waals surface area (Å²) in [6.07, 6.45) is 0.626. The number of fused-ring (bicyclic) bond motifs is 1. The molecule has 2 rings (SSSR count). The maximum atomic E-state index is 9.90. The molecular formula is C14H19NO2. The van der Waals surface area contributed by atoms with Crippen molar-refractivity contribution in [3.05, 3.63) is 30.0 Å². The number of aliphatic hydroxyl groups is 1. The summed E-state index contributed by atoms with van der Waals surface area (Å²) in [4.78, 5) is 0. The van der Waals surface area contributed by atoms with E-state index in [2.05, 4.69) is 16.7 Å². The Morgan fingerprint density at radius 1 is 1.35 bits per heavy atom. The Balaban J connectivity index is 2.57. The van der Waals surface area contributed by atoms with Gasteiger partial charge < -0.3 is 14.4 Å². The standard InChI is InChI=1S/C14H19NO2/c1-14(2,16)9-11-8-10-6-5-7-12(17-4)13(10)15(11)3/h5-8,16H,9H2,1-4H3. The lowest BCUT2D eigenvalue weighted by molar-refractivity contribution is 0.0793. The lowest BCUT2D eigenvalue weighted by Crippen LogP contribution is -2.23. The average molecular weight is 233 g/mol. The molecule has 92 valence electrons. The molecule has 0 amide bonds. The van der Waals surface area contributed by atoms with E-state index in [0.717, 1.165) is 22.3 Å². The van der Waals surface area contributed by atoms with Gasteiger partial charge in [0.25, 0.3) is 0 Å². The summed E-state index contributed by atoms with van der Waals surface area (Å²) in [5, 5.41) is 11.0. The number of hydrogen-bond donors (Lipinski definition) is 1. The molecule has 1 N–H and O–H groups in total. The fourth-order valence-electron chi connectivity index (χ4n) is 2.21. The zero-order chi connectivity index (χ0) is 12.6. The van der Waals surface area contributed by atoms with E-state index in [9.17, 15) is 5.11 Å². The van der Waals surface area contributed by atoms with Crippen LogP contribution in [0.15, 0.2) is 24.3 Å². The molecule has 0 spiro atoms. The molecular weight excluding hydrogens is 214 g/mol. The van der Waals surface area contributed by atoms with E-state index < -0.39 is 5.60 Å². The smallest absolute Gasteiger partial charge is 0.143 e. The monoisotopic (exact) mass is 233 g/mol. The van der Waals surface area contributed by atoms with Crippen LogP contribution in [-0.4, -0.2) is 22.4 Å². The van der Waals surface area contributed by atoms with E-state index in [1.807, 2.05) is 33.0 Å². The Morgan fingerprint density at radius 2 is 2.06 bits per heavy atom. The van der Waals surface area contributed by atoms with Gasteiger partial charge in [-0.25, -0.2) is 0 Å². The molecule has 0 aliphatic heterocycles. The molecule has 0 fully saturated rings. The third kappa shape index (κ3) is 2.29. The highest BCUT2D eigenvalue weighted by atomic mass is 16.5.